The molecule has 160 valence electrons. The molecular weight excluding hydrogens is 556 g/mol. The number of ether oxygens (including phenoxy) is 1. The van der Waals surface area contributed by atoms with E-state index in [1.165, 1.54) is 11.0 Å². The molecule has 0 bridgehead atoms. The second-order valence-electron chi connectivity index (χ2n) is 6.90. The highest BCUT2D eigenvalue weighted by Crippen LogP contribution is 2.29. The number of rotatable bonds is 5. The van der Waals surface area contributed by atoms with Crippen LogP contribution in [0.1, 0.15) is 11.1 Å². The van der Waals surface area contributed by atoms with Crippen LogP contribution in [-0.4, -0.2) is 16.9 Å². The lowest BCUT2D eigenvalue weighted by atomic mass is 10.1. The van der Waals surface area contributed by atoms with E-state index in [1.807, 2.05) is 36.4 Å². The maximum atomic E-state index is 13.1. The van der Waals surface area contributed by atoms with Crippen molar-refractivity contribution in [2.75, 3.05) is 4.90 Å². The first-order valence-electron chi connectivity index (χ1n) is 9.55. The maximum Gasteiger partial charge on any atom is 0.270 e. The van der Waals surface area contributed by atoms with E-state index in [2.05, 4.69) is 37.2 Å². The highest BCUT2D eigenvalue weighted by atomic mass is 79.9. The minimum Gasteiger partial charge on any atom is -0.488 e. The molecule has 0 aromatic heterocycles. The molecule has 0 unspecified atom stereocenters. The predicted octanol–water partition coefficient (Wildman–Crippen LogP) is 5.62. The van der Waals surface area contributed by atoms with Gasteiger partial charge in [0.15, 0.2) is 5.11 Å². The average Bonchev–Trinajstić information content (AvgIpc) is 2.77. The van der Waals surface area contributed by atoms with Crippen molar-refractivity contribution in [1.82, 2.24) is 5.32 Å². The van der Waals surface area contributed by atoms with Crippen LogP contribution in [0, 0.1) is 0 Å². The molecule has 1 N–H and O–H groups in total. The highest BCUT2D eigenvalue weighted by Gasteiger charge is 2.34. The summed E-state index contributed by atoms with van der Waals surface area (Å²) in [6.07, 6.45) is 1.54. The van der Waals surface area contributed by atoms with Gasteiger partial charge in [-0.25, -0.2) is 0 Å². The summed E-state index contributed by atoms with van der Waals surface area (Å²) in [6, 6.07) is 22.4. The quantitative estimate of drug-likeness (QED) is 0.245. The molecule has 1 fully saturated rings. The van der Waals surface area contributed by atoms with E-state index >= 15 is 0 Å². The summed E-state index contributed by atoms with van der Waals surface area (Å²) in [5.41, 5.74) is 2.28. The van der Waals surface area contributed by atoms with Crippen LogP contribution in [0.5, 0.6) is 5.75 Å². The van der Waals surface area contributed by atoms with Crippen LogP contribution in [0.25, 0.3) is 6.08 Å². The summed E-state index contributed by atoms with van der Waals surface area (Å²) in [5.74, 6) is -0.364. The van der Waals surface area contributed by atoms with Gasteiger partial charge in [0.05, 0.1) is 10.2 Å². The van der Waals surface area contributed by atoms with Gasteiger partial charge >= 0.3 is 0 Å². The Morgan fingerprint density at radius 3 is 2.47 bits per heavy atom. The third kappa shape index (κ3) is 4.98. The van der Waals surface area contributed by atoms with Crippen LogP contribution in [0.4, 0.5) is 5.69 Å². The van der Waals surface area contributed by atoms with E-state index < -0.39 is 11.8 Å². The molecule has 4 rings (SSSR count). The average molecular weight is 572 g/mol. The van der Waals surface area contributed by atoms with Gasteiger partial charge in [-0.1, -0.05) is 58.4 Å². The third-order valence-corrected chi connectivity index (χ3v) is 6.07. The highest BCUT2D eigenvalue weighted by molar-refractivity contribution is 9.10. The predicted molar refractivity (Wildman–Crippen MR) is 135 cm³/mol. The Labute approximate surface area is 207 Å². The number of nitrogens with one attached hydrogen (secondary N) is 1. The standard InChI is InChI=1S/C24H16Br2N2O3S/c25-17-7-4-8-18(13-17)28-23(30)19(22(29)27-24(28)32)11-16-9-10-21(20(26)12-16)31-14-15-5-2-1-3-6-15/h1-13H,14H2,(H,27,29,32)/b19-11+. The van der Waals surface area contributed by atoms with Crippen LogP contribution >= 0.6 is 44.1 Å². The Hall–Kier alpha value is -2.81. The Balaban J connectivity index is 1.57. The van der Waals surface area contributed by atoms with E-state index in [1.54, 1.807) is 36.4 Å². The molecule has 32 heavy (non-hydrogen) atoms. The van der Waals surface area contributed by atoms with Gasteiger partial charge in [-0.15, -0.1) is 0 Å². The van der Waals surface area contributed by atoms with Gasteiger partial charge in [0.25, 0.3) is 11.8 Å². The zero-order valence-electron chi connectivity index (χ0n) is 16.5. The van der Waals surface area contributed by atoms with E-state index in [9.17, 15) is 9.59 Å². The van der Waals surface area contributed by atoms with Crippen molar-refractivity contribution >= 4 is 72.8 Å². The van der Waals surface area contributed by atoms with Gasteiger partial charge in [0.2, 0.25) is 0 Å². The number of amides is 2. The largest absolute Gasteiger partial charge is 0.488 e. The molecule has 0 spiro atoms. The SMILES string of the molecule is O=C1NC(=S)N(c2cccc(Br)c2)C(=O)/C1=C/c1ccc(OCc2ccccc2)c(Br)c1. The molecule has 0 radical (unpaired) electrons. The van der Waals surface area contributed by atoms with Gasteiger partial charge in [0, 0.05) is 4.47 Å². The Morgan fingerprint density at radius 2 is 1.75 bits per heavy atom. The fraction of sp³-hybridized carbons (Fsp3) is 0.0417. The molecule has 2 amide bonds. The summed E-state index contributed by atoms with van der Waals surface area (Å²) in [7, 11) is 0. The maximum absolute atomic E-state index is 13.1. The first-order chi connectivity index (χ1) is 15.4. The molecule has 0 atom stereocenters. The number of anilines is 1. The fourth-order valence-electron chi connectivity index (χ4n) is 3.13. The van der Waals surface area contributed by atoms with Gasteiger partial charge < -0.3 is 4.74 Å². The molecular formula is C24H16Br2N2O3S. The second-order valence-corrected chi connectivity index (χ2v) is 9.06. The monoisotopic (exact) mass is 570 g/mol. The third-order valence-electron chi connectivity index (χ3n) is 4.67. The van der Waals surface area contributed by atoms with Crippen LogP contribution in [-0.2, 0) is 16.2 Å². The molecule has 5 nitrogen and oxygen atoms in total. The summed E-state index contributed by atoms with van der Waals surface area (Å²) in [6.45, 7) is 0.430. The number of halogens is 2. The number of thiocarbonyl (C=S) groups is 1. The molecule has 0 saturated carbocycles. The van der Waals surface area contributed by atoms with Crippen molar-refractivity contribution in [2.45, 2.75) is 6.61 Å². The summed E-state index contributed by atoms with van der Waals surface area (Å²) in [5, 5.41) is 2.63. The first-order valence-corrected chi connectivity index (χ1v) is 11.5. The second kappa shape index (κ2) is 9.77. The zero-order valence-corrected chi connectivity index (χ0v) is 20.5. The summed E-state index contributed by atoms with van der Waals surface area (Å²) >= 11 is 12.1. The van der Waals surface area contributed by atoms with Gasteiger partial charge in [-0.05, 0) is 75.7 Å². The molecule has 3 aromatic carbocycles. The Bertz CT molecular complexity index is 1250. The lowest BCUT2D eigenvalue weighted by molar-refractivity contribution is -0.122. The van der Waals surface area contributed by atoms with Crippen molar-refractivity contribution in [3.63, 3.8) is 0 Å². The van der Waals surface area contributed by atoms with Crippen molar-refractivity contribution in [1.29, 1.82) is 0 Å². The van der Waals surface area contributed by atoms with Crippen molar-refractivity contribution in [3.05, 3.63) is 98.4 Å². The van der Waals surface area contributed by atoms with Crippen molar-refractivity contribution < 1.29 is 14.3 Å². The number of carbonyl (C=O) groups excluding carboxylic acids is 2. The van der Waals surface area contributed by atoms with Gasteiger partial charge in [-0.2, -0.15) is 0 Å². The van der Waals surface area contributed by atoms with Crippen LogP contribution in [0.3, 0.4) is 0 Å². The lowest BCUT2D eigenvalue weighted by Gasteiger charge is -2.29. The number of nitrogens with zero attached hydrogens (tertiary/aromatic N) is 1. The molecule has 1 aliphatic heterocycles. The molecule has 1 saturated heterocycles. The van der Waals surface area contributed by atoms with Crippen LogP contribution in [0.15, 0.2) is 87.3 Å². The van der Waals surface area contributed by atoms with Crippen LogP contribution in [0.2, 0.25) is 0 Å². The first kappa shape index (κ1) is 22.4. The van der Waals surface area contributed by atoms with E-state index in [0.29, 0.717) is 28.1 Å². The normalized spacial score (nSPS) is 15.1. The minimum absolute atomic E-state index is 0.0107. The van der Waals surface area contributed by atoms with E-state index in [0.717, 1.165) is 10.0 Å². The fourth-order valence-corrected chi connectivity index (χ4v) is 4.31. The van der Waals surface area contributed by atoms with Crippen molar-refractivity contribution in [2.24, 2.45) is 0 Å². The topological polar surface area (TPSA) is 58.6 Å². The number of benzene rings is 3. The van der Waals surface area contributed by atoms with E-state index in [-0.39, 0.29) is 10.7 Å². The number of hydrogen-bond acceptors (Lipinski definition) is 4. The molecule has 0 aliphatic carbocycles. The van der Waals surface area contributed by atoms with E-state index in [4.69, 9.17) is 17.0 Å². The van der Waals surface area contributed by atoms with Crippen molar-refractivity contribution in [3.8, 4) is 5.75 Å². The molecule has 1 heterocycles. The smallest absolute Gasteiger partial charge is 0.270 e. The molecule has 8 heteroatoms. The number of carbonyl (C=O) groups is 2. The summed E-state index contributed by atoms with van der Waals surface area (Å²) < 4.78 is 7.37. The zero-order chi connectivity index (χ0) is 22.7. The molecule has 3 aromatic rings. The van der Waals surface area contributed by atoms with Gasteiger partial charge in [-0.3, -0.25) is 19.8 Å². The molecule has 1 aliphatic rings. The lowest BCUT2D eigenvalue weighted by Crippen LogP contribution is -2.54. The van der Waals surface area contributed by atoms with Gasteiger partial charge in [0.1, 0.15) is 17.9 Å². The Kier molecular flexibility index (Phi) is 6.83. The number of hydrogen-bond donors (Lipinski definition) is 1. The van der Waals surface area contributed by atoms with Crippen LogP contribution < -0.4 is 15.0 Å². The minimum atomic E-state index is -0.535. The summed E-state index contributed by atoms with van der Waals surface area (Å²) in [4.78, 5) is 27.0. The Morgan fingerprint density at radius 1 is 0.969 bits per heavy atom.